The second-order valence-electron chi connectivity index (χ2n) is 5.46. The fraction of sp³-hybridized carbons (Fsp3) is 0.235. The number of esters is 1. The van der Waals surface area contributed by atoms with Gasteiger partial charge in [-0.2, -0.15) is 22.8 Å². The standard InChI is InChI=1S/C17H14F3N3O3/c1-2-26-16(25)14-12(15(24)23-13(22-14)6-7-21-23)9-10-4-3-5-11(8-10)17(18,19)20/h3-8,24H,2,9H2,1H3. The summed E-state index contributed by atoms with van der Waals surface area (Å²) in [5, 5.41) is 14.4. The molecule has 0 aliphatic rings. The van der Waals surface area contributed by atoms with E-state index in [0.29, 0.717) is 0 Å². The summed E-state index contributed by atoms with van der Waals surface area (Å²) in [5.74, 6) is -1.14. The van der Waals surface area contributed by atoms with Crippen LogP contribution in [0.3, 0.4) is 0 Å². The van der Waals surface area contributed by atoms with Gasteiger partial charge < -0.3 is 9.84 Å². The Kier molecular flexibility index (Phi) is 4.54. The summed E-state index contributed by atoms with van der Waals surface area (Å²) in [6.07, 6.45) is -3.26. The highest BCUT2D eigenvalue weighted by atomic mass is 19.4. The monoisotopic (exact) mass is 365 g/mol. The lowest BCUT2D eigenvalue weighted by Crippen LogP contribution is -2.14. The molecule has 9 heteroatoms. The van der Waals surface area contributed by atoms with Gasteiger partial charge in [0.05, 0.1) is 23.9 Å². The van der Waals surface area contributed by atoms with Crippen LogP contribution in [0.5, 0.6) is 5.88 Å². The van der Waals surface area contributed by atoms with Crippen LogP contribution in [0, 0.1) is 0 Å². The minimum Gasteiger partial charge on any atom is -0.493 e. The van der Waals surface area contributed by atoms with Gasteiger partial charge in [-0.1, -0.05) is 18.2 Å². The van der Waals surface area contributed by atoms with Crippen LogP contribution in [0.25, 0.3) is 5.65 Å². The molecule has 0 unspecified atom stereocenters. The summed E-state index contributed by atoms with van der Waals surface area (Å²) in [5.41, 5.74) is -0.457. The number of fused-ring (bicyclic) bond motifs is 1. The van der Waals surface area contributed by atoms with Crippen LogP contribution in [-0.4, -0.2) is 32.3 Å². The van der Waals surface area contributed by atoms with E-state index >= 15 is 0 Å². The predicted molar refractivity (Wildman–Crippen MR) is 84.9 cm³/mol. The summed E-state index contributed by atoms with van der Waals surface area (Å²) in [4.78, 5) is 16.3. The normalized spacial score (nSPS) is 11.7. The number of ether oxygens (including phenoxy) is 1. The molecule has 0 radical (unpaired) electrons. The Hall–Kier alpha value is -3.10. The number of hydrogen-bond donors (Lipinski definition) is 1. The van der Waals surface area contributed by atoms with Crippen molar-refractivity contribution in [1.82, 2.24) is 14.6 Å². The summed E-state index contributed by atoms with van der Waals surface area (Å²) >= 11 is 0. The van der Waals surface area contributed by atoms with E-state index in [-0.39, 0.29) is 41.4 Å². The first-order chi connectivity index (χ1) is 12.3. The molecule has 3 rings (SSSR count). The molecule has 1 N–H and O–H groups in total. The van der Waals surface area contributed by atoms with Gasteiger partial charge in [0.25, 0.3) is 0 Å². The van der Waals surface area contributed by atoms with Crippen LogP contribution in [0.4, 0.5) is 13.2 Å². The second-order valence-corrected chi connectivity index (χ2v) is 5.46. The topological polar surface area (TPSA) is 76.7 Å². The molecule has 6 nitrogen and oxygen atoms in total. The lowest BCUT2D eigenvalue weighted by atomic mass is 10.0. The zero-order valence-electron chi connectivity index (χ0n) is 13.6. The Labute approximate surface area is 145 Å². The molecule has 0 atom stereocenters. The van der Waals surface area contributed by atoms with Crippen molar-refractivity contribution in [1.29, 1.82) is 0 Å². The Morgan fingerprint density at radius 3 is 2.77 bits per heavy atom. The average molecular weight is 365 g/mol. The molecular formula is C17H14F3N3O3. The lowest BCUT2D eigenvalue weighted by molar-refractivity contribution is -0.137. The summed E-state index contributed by atoms with van der Waals surface area (Å²) in [6, 6.07) is 6.12. The number of carbonyl (C=O) groups is 1. The Morgan fingerprint density at radius 1 is 1.31 bits per heavy atom. The predicted octanol–water partition coefficient (Wildman–Crippen LogP) is 3.22. The fourth-order valence-corrected chi connectivity index (χ4v) is 2.55. The minimum absolute atomic E-state index is 0.0407. The number of rotatable bonds is 4. The molecule has 0 bridgehead atoms. The quantitative estimate of drug-likeness (QED) is 0.719. The zero-order valence-corrected chi connectivity index (χ0v) is 13.6. The van der Waals surface area contributed by atoms with E-state index in [1.165, 1.54) is 24.4 Å². The Morgan fingerprint density at radius 2 is 2.08 bits per heavy atom. The molecule has 26 heavy (non-hydrogen) atoms. The molecule has 0 amide bonds. The average Bonchev–Trinajstić information content (AvgIpc) is 3.06. The molecule has 0 aliphatic heterocycles. The van der Waals surface area contributed by atoms with Crippen LogP contribution in [0.2, 0.25) is 0 Å². The van der Waals surface area contributed by atoms with Gasteiger partial charge in [-0.25, -0.2) is 9.78 Å². The first-order valence-corrected chi connectivity index (χ1v) is 7.70. The molecular weight excluding hydrogens is 351 g/mol. The first kappa shape index (κ1) is 17.7. The molecule has 0 saturated heterocycles. The summed E-state index contributed by atoms with van der Waals surface area (Å²) < 4.78 is 44.8. The van der Waals surface area contributed by atoms with Crippen molar-refractivity contribution in [3.63, 3.8) is 0 Å². The van der Waals surface area contributed by atoms with Crippen LogP contribution >= 0.6 is 0 Å². The molecule has 0 spiro atoms. The number of aromatic hydroxyl groups is 1. The van der Waals surface area contributed by atoms with Gasteiger partial charge in [0, 0.05) is 12.5 Å². The molecule has 136 valence electrons. The van der Waals surface area contributed by atoms with Gasteiger partial charge in [0.1, 0.15) is 0 Å². The largest absolute Gasteiger partial charge is 0.493 e. The molecule has 3 aromatic rings. The Balaban J connectivity index is 2.10. The number of alkyl halides is 3. The van der Waals surface area contributed by atoms with Gasteiger partial charge in [0.2, 0.25) is 5.88 Å². The van der Waals surface area contributed by atoms with Gasteiger partial charge >= 0.3 is 12.1 Å². The van der Waals surface area contributed by atoms with Crippen molar-refractivity contribution in [3.8, 4) is 5.88 Å². The molecule has 0 saturated carbocycles. The number of hydrogen-bond acceptors (Lipinski definition) is 5. The highest BCUT2D eigenvalue weighted by Crippen LogP contribution is 2.31. The Bertz CT molecular complexity index is 967. The summed E-state index contributed by atoms with van der Waals surface area (Å²) in [6.45, 7) is 1.70. The zero-order chi connectivity index (χ0) is 18.9. The lowest BCUT2D eigenvalue weighted by Gasteiger charge is -2.13. The molecule has 0 fully saturated rings. The van der Waals surface area contributed by atoms with Crippen molar-refractivity contribution in [2.24, 2.45) is 0 Å². The number of halogens is 3. The van der Waals surface area contributed by atoms with Crippen molar-refractivity contribution in [2.75, 3.05) is 6.61 Å². The van der Waals surface area contributed by atoms with E-state index in [1.807, 2.05) is 0 Å². The first-order valence-electron chi connectivity index (χ1n) is 7.70. The van der Waals surface area contributed by atoms with Crippen LogP contribution in [-0.2, 0) is 17.3 Å². The molecule has 1 aromatic carbocycles. The van der Waals surface area contributed by atoms with Gasteiger partial charge in [0.15, 0.2) is 11.3 Å². The third-order valence-corrected chi connectivity index (χ3v) is 3.71. The van der Waals surface area contributed by atoms with Crippen LogP contribution in [0.15, 0.2) is 36.5 Å². The number of nitrogens with zero attached hydrogens (tertiary/aromatic N) is 3. The van der Waals surface area contributed by atoms with Gasteiger partial charge in [-0.3, -0.25) is 0 Å². The number of aromatic nitrogens is 3. The molecule has 0 aliphatic carbocycles. The maximum absolute atomic E-state index is 12.9. The number of carbonyl (C=O) groups excluding carboxylic acids is 1. The minimum atomic E-state index is -4.49. The third kappa shape index (κ3) is 3.32. The van der Waals surface area contributed by atoms with Crippen molar-refractivity contribution < 1.29 is 27.8 Å². The van der Waals surface area contributed by atoms with E-state index in [2.05, 4.69) is 10.1 Å². The maximum atomic E-state index is 12.9. The highest BCUT2D eigenvalue weighted by molar-refractivity contribution is 5.90. The van der Waals surface area contributed by atoms with E-state index in [1.54, 1.807) is 6.92 Å². The smallest absolute Gasteiger partial charge is 0.416 e. The van der Waals surface area contributed by atoms with Crippen molar-refractivity contribution >= 4 is 11.6 Å². The van der Waals surface area contributed by atoms with Crippen LogP contribution < -0.4 is 0 Å². The van der Waals surface area contributed by atoms with Gasteiger partial charge in [-0.05, 0) is 18.6 Å². The van der Waals surface area contributed by atoms with E-state index < -0.39 is 17.7 Å². The molecule has 2 aromatic heterocycles. The van der Waals surface area contributed by atoms with Gasteiger partial charge in [-0.15, -0.1) is 0 Å². The highest BCUT2D eigenvalue weighted by Gasteiger charge is 2.30. The maximum Gasteiger partial charge on any atom is 0.416 e. The van der Waals surface area contributed by atoms with Crippen molar-refractivity contribution in [3.05, 3.63) is 58.9 Å². The second kappa shape index (κ2) is 6.66. The van der Waals surface area contributed by atoms with Crippen molar-refractivity contribution in [2.45, 2.75) is 19.5 Å². The molecule has 2 heterocycles. The van der Waals surface area contributed by atoms with E-state index in [4.69, 9.17) is 4.74 Å². The SMILES string of the molecule is CCOC(=O)c1nc2ccnn2c(O)c1Cc1cccc(C(F)(F)F)c1. The van der Waals surface area contributed by atoms with E-state index in [9.17, 15) is 23.1 Å². The fourth-order valence-electron chi connectivity index (χ4n) is 2.55. The number of benzene rings is 1. The summed E-state index contributed by atoms with van der Waals surface area (Å²) in [7, 11) is 0. The van der Waals surface area contributed by atoms with E-state index in [0.717, 1.165) is 16.6 Å². The van der Waals surface area contributed by atoms with Crippen LogP contribution in [0.1, 0.15) is 34.1 Å². The third-order valence-electron chi connectivity index (χ3n) is 3.71.